The SMILES string of the molecule is CC(C)c1nc(N2CCCC(C)(C)CC2)sc1C=O. The molecule has 2 heterocycles. The summed E-state index contributed by atoms with van der Waals surface area (Å²) >= 11 is 1.55. The molecule has 0 aromatic carbocycles. The lowest BCUT2D eigenvalue weighted by Gasteiger charge is -2.22. The minimum Gasteiger partial charge on any atom is -0.348 e. The number of carbonyl (C=O) groups is 1. The molecule has 3 nitrogen and oxygen atoms in total. The van der Waals surface area contributed by atoms with Gasteiger partial charge >= 0.3 is 0 Å². The second-order valence-corrected chi connectivity index (χ2v) is 7.53. The summed E-state index contributed by atoms with van der Waals surface area (Å²) in [6.45, 7) is 11.0. The van der Waals surface area contributed by atoms with Crippen LogP contribution in [-0.4, -0.2) is 24.4 Å². The molecule has 0 amide bonds. The Hall–Kier alpha value is -0.900. The maximum absolute atomic E-state index is 11.2. The summed E-state index contributed by atoms with van der Waals surface area (Å²) in [4.78, 5) is 19.0. The lowest BCUT2D eigenvalue weighted by molar-refractivity contribution is 0.112. The van der Waals surface area contributed by atoms with E-state index in [-0.39, 0.29) is 0 Å². The third kappa shape index (κ3) is 3.35. The second kappa shape index (κ2) is 5.61. The Morgan fingerprint density at radius 1 is 1.32 bits per heavy atom. The number of hydrogen-bond acceptors (Lipinski definition) is 4. The maximum atomic E-state index is 11.2. The molecule has 0 saturated carbocycles. The zero-order valence-corrected chi connectivity index (χ0v) is 13.2. The van der Waals surface area contributed by atoms with Gasteiger partial charge in [0.1, 0.15) is 0 Å². The van der Waals surface area contributed by atoms with E-state index < -0.39 is 0 Å². The number of carbonyl (C=O) groups excluding carboxylic acids is 1. The highest BCUT2D eigenvalue weighted by molar-refractivity contribution is 7.17. The van der Waals surface area contributed by atoms with Gasteiger partial charge in [-0.3, -0.25) is 4.79 Å². The van der Waals surface area contributed by atoms with E-state index in [2.05, 4.69) is 32.6 Å². The van der Waals surface area contributed by atoms with Gasteiger partial charge < -0.3 is 4.90 Å². The highest BCUT2D eigenvalue weighted by Gasteiger charge is 2.25. The van der Waals surface area contributed by atoms with E-state index in [0.717, 1.165) is 35.1 Å². The fraction of sp³-hybridized carbons (Fsp3) is 0.733. The van der Waals surface area contributed by atoms with Gasteiger partial charge in [-0.25, -0.2) is 4.98 Å². The lowest BCUT2D eigenvalue weighted by Crippen LogP contribution is -2.24. The highest BCUT2D eigenvalue weighted by Crippen LogP contribution is 2.34. The summed E-state index contributed by atoms with van der Waals surface area (Å²) in [5, 5.41) is 1.03. The van der Waals surface area contributed by atoms with Gasteiger partial charge in [-0.1, -0.05) is 39.0 Å². The number of hydrogen-bond donors (Lipinski definition) is 0. The Bertz CT molecular complexity index is 451. The van der Waals surface area contributed by atoms with Crippen molar-refractivity contribution in [1.82, 2.24) is 4.98 Å². The van der Waals surface area contributed by atoms with Crippen LogP contribution in [0.2, 0.25) is 0 Å². The average molecular weight is 280 g/mol. The number of aromatic nitrogens is 1. The van der Waals surface area contributed by atoms with Crippen LogP contribution in [0.25, 0.3) is 0 Å². The Balaban J connectivity index is 2.20. The molecule has 106 valence electrons. The monoisotopic (exact) mass is 280 g/mol. The molecule has 4 heteroatoms. The summed E-state index contributed by atoms with van der Waals surface area (Å²) in [6, 6.07) is 0. The van der Waals surface area contributed by atoms with E-state index in [9.17, 15) is 4.79 Å². The molecule has 1 aliphatic heterocycles. The minimum absolute atomic E-state index is 0.314. The van der Waals surface area contributed by atoms with Gasteiger partial charge in [-0.15, -0.1) is 0 Å². The summed E-state index contributed by atoms with van der Waals surface area (Å²) in [7, 11) is 0. The molecule has 1 saturated heterocycles. The van der Waals surface area contributed by atoms with E-state index >= 15 is 0 Å². The Kier molecular flexibility index (Phi) is 4.29. The topological polar surface area (TPSA) is 33.2 Å². The van der Waals surface area contributed by atoms with Crippen molar-refractivity contribution in [3.63, 3.8) is 0 Å². The van der Waals surface area contributed by atoms with Crippen LogP contribution in [0.4, 0.5) is 5.13 Å². The number of aldehydes is 1. The van der Waals surface area contributed by atoms with Crippen LogP contribution in [0.3, 0.4) is 0 Å². The third-order valence-electron chi connectivity index (χ3n) is 3.93. The zero-order valence-electron chi connectivity index (χ0n) is 12.4. The second-order valence-electron chi connectivity index (χ2n) is 6.52. The molecular weight excluding hydrogens is 256 g/mol. The Morgan fingerprint density at radius 2 is 2.05 bits per heavy atom. The number of nitrogens with zero attached hydrogens (tertiary/aromatic N) is 2. The summed E-state index contributed by atoms with van der Waals surface area (Å²) in [6.07, 6.45) is 4.63. The van der Waals surface area contributed by atoms with E-state index in [1.165, 1.54) is 19.3 Å². The van der Waals surface area contributed by atoms with E-state index in [1.807, 2.05) is 0 Å². The Labute approximate surface area is 120 Å². The van der Waals surface area contributed by atoms with Gasteiger partial charge in [0.05, 0.1) is 10.6 Å². The molecule has 2 rings (SSSR count). The van der Waals surface area contributed by atoms with Gasteiger partial charge in [-0.2, -0.15) is 0 Å². The summed E-state index contributed by atoms with van der Waals surface area (Å²) < 4.78 is 0. The molecular formula is C15H24N2OS. The highest BCUT2D eigenvalue weighted by atomic mass is 32.1. The number of anilines is 1. The normalized spacial score (nSPS) is 19.5. The van der Waals surface area contributed by atoms with Gasteiger partial charge in [0.25, 0.3) is 0 Å². The smallest absolute Gasteiger partial charge is 0.186 e. The first kappa shape index (κ1) is 14.5. The van der Waals surface area contributed by atoms with Gasteiger partial charge in [0, 0.05) is 13.1 Å². The molecule has 19 heavy (non-hydrogen) atoms. The van der Waals surface area contributed by atoms with Crippen LogP contribution < -0.4 is 4.90 Å². The van der Waals surface area contributed by atoms with Crippen molar-refractivity contribution < 1.29 is 4.79 Å². The number of rotatable bonds is 3. The largest absolute Gasteiger partial charge is 0.348 e. The maximum Gasteiger partial charge on any atom is 0.186 e. The zero-order chi connectivity index (χ0) is 14.0. The van der Waals surface area contributed by atoms with Crippen LogP contribution in [0.5, 0.6) is 0 Å². The Morgan fingerprint density at radius 3 is 2.63 bits per heavy atom. The molecule has 0 spiro atoms. The molecule has 0 atom stereocenters. The van der Waals surface area contributed by atoms with Crippen molar-refractivity contribution >= 4 is 22.8 Å². The molecule has 1 aromatic rings. The van der Waals surface area contributed by atoms with Crippen molar-refractivity contribution in [2.75, 3.05) is 18.0 Å². The average Bonchev–Trinajstić information content (AvgIpc) is 2.69. The van der Waals surface area contributed by atoms with Gasteiger partial charge in [-0.05, 0) is 30.6 Å². The summed E-state index contributed by atoms with van der Waals surface area (Å²) in [5.41, 5.74) is 1.39. The fourth-order valence-corrected chi connectivity index (χ4v) is 3.67. The van der Waals surface area contributed by atoms with Crippen LogP contribution >= 0.6 is 11.3 Å². The summed E-state index contributed by atoms with van der Waals surface area (Å²) in [5.74, 6) is 0.314. The van der Waals surface area contributed by atoms with Gasteiger partial charge in [0.2, 0.25) is 0 Å². The van der Waals surface area contributed by atoms with Crippen molar-refractivity contribution in [1.29, 1.82) is 0 Å². The quantitative estimate of drug-likeness (QED) is 0.782. The first-order valence-electron chi connectivity index (χ1n) is 7.14. The minimum atomic E-state index is 0.314. The van der Waals surface area contributed by atoms with E-state index in [0.29, 0.717) is 11.3 Å². The molecule has 0 unspecified atom stereocenters. The molecule has 0 bridgehead atoms. The van der Waals surface area contributed by atoms with Crippen molar-refractivity contribution in [3.05, 3.63) is 10.6 Å². The molecule has 0 N–H and O–H groups in total. The third-order valence-corrected chi connectivity index (χ3v) is 4.99. The predicted molar refractivity (Wildman–Crippen MR) is 81.4 cm³/mol. The van der Waals surface area contributed by atoms with Crippen LogP contribution in [0.15, 0.2) is 0 Å². The fourth-order valence-electron chi connectivity index (χ4n) is 2.58. The molecule has 1 fully saturated rings. The molecule has 1 aromatic heterocycles. The van der Waals surface area contributed by atoms with Gasteiger partial charge in [0.15, 0.2) is 11.4 Å². The van der Waals surface area contributed by atoms with Crippen molar-refractivity contribution in [3.8, 4) is 0 Å². The number of thiazole rings is 1. The van der Waals surface area contributed by atoms with Crippen LogP contribution in [0, 0.1) is 5.41 Å². The van der Waals surface area contributed by atoms with Crippen molar-refractivity contribution in [2.45, 2.75) is 52.9 Å². The molecule has 0 aliphatic carbocycles. The van der Waals surface area contributed by atoms with Crippen LogP contribution in [0.1, 0.15) is 68.2 Å². The van der Waals surface area contributed by atoms with E-state index in [1.54, 1.807) is 11.3 Å². The molecule has 0 radical (unpaired) electrons. The standard InChI is InChI=1S/C15H24N2OS/c1-11(2)13-12(10-18)19-14(16-13)17-8-5-6-15(3,4)7-9-17/h10-11H,5-9H2,1-4H3. The lowest BCUT2D eigenvalue weighted by atomic mass is 9.85. The molecule has 1 aliphatic rings. The predicted octanol–water partition coefficient (Wildman–Crippen LogP) is 4.10. The first-order chi connectivity index (χ1) is 8.93. The van der Waals surface area contributed by atoms with Crippen molar-refractivity contribution in [2.24, 2.45) is 5.41 Å². The van der Waals surface area contributed by atoms with E-state index in [4.69, 9.17) is 4.98 Å². The first-order valence-corrected chi connectivity index (χ1v) is 7.95. The van der Waals surface area contributed by atoms with Crippen LogP contribution in [-0.2, 0) is 0 Å².